The number of urea groups is 1. The van der Waals surface area contributed by atoms with Crippen LogP contribution in [-0.4, -0.2) is 63.7 Å². The van der Waals surface area contributed by atoms with Gasteiger partial charge in [0.25, 0.3) is 0 Å². The third kappa shape index (κ3) is 4.64. The quantitative estimate of drug-likeness (QED) is 0.705. The van der Waals surface area contributed by atoms with Crippen LogP contribution >= 0.6 is 11.8 Å². The molecule has 7 nitrogen and oxygen atoms in total. The molecule has 0 radical (unpaired) electrons. The monoisotopic (exact) mass is 407 g/mol. The molecule has 2 saturated heterocycles. The van der Waals surface area contributed by atoms with Crippen LogP contribution in [0.5, 0.6) is 0 Å². The highest BCUT2D eigenvalue weighted by Crippen LogP contribution is 2.32. The third-order valence-electron chi connectivity index (χ3n) is 6.61. The highest BCUT2D eigenvalue weighted by molar-refractivity contribution is 7.99. The van der Waals surface area contributed by atoms with Crippen LogP contribution < -0.4 is 10.2 Å². The molecule has 1 saturated carbocycles. The van der Waals surface area contributed by atoms with E-state index in [1.54, 1.807) is 16.7 Å². The van der Waals surface area contributed by atoms with Gasteiger partial charge < -0.3 is 19.7 Å². The van der Waals surface area contributed by atoms with E-state index < -0.39 is 0 Å². The minimum absolute atomic E-state index is 0.0552. The topological polar surface area (TPSA) is 67.5 Å². The van der Waals surface area contributed by atoms with Crippen molar-refractivity contribution in [2.75, 3.05) is 31.9 Å². The van der Waals surface area contributed by atoms with Crippen LogP contribution in [0.3, 0.4) is 0 Å². The Balaban J connectivity index is 1.34. The molecule has 0 spiro atoms. The van der Waals surface area contributed by atoms with Crippen LogP contribution in [0.2, 0.25) is 0 Å². The van der Waals surface area contributed by atoms with E-state index in [0.29, 0.717) is 6.04 Å². The molecule has 1 aromatic rings. The number of aromatic nitrogens is 3. The molecule has 1 atom stereocenters. The highest BCUT2D eigenvalue weighted by Gasteiger charge is 2.34. The van der Waals surface area contributed by atoms with Crippen molar-refractivity contribution in [2.45, 2.75) is 75.0 Å². The standard InChI is InChI=1S/C20H34N6OS/c1-24-18(22-23-20(24)28-15-14-25-11-5-6-12-25)17-10-7-13-26(17)19(27)21-16-8-3-2-4-9-16/h16-17H,2-15H2,1H3,(H,21,27)/p+1/t17-/m1/s1. The Hall–Kier alpha value is -1.28. The maximum absolute atomic E-state index is 12.9. The lowest BCUT2D eigenvalue weighted by Crippen LogP contribution is -3.10. The summed E-state index contributed by atoms with van der Waals surface area (Å²) < 4.78 is 2.11. The van der Waals surface area contributed by atoms with Crippen LogP contribution in [0.1, 0.15) is 69.7 Å². The SMILES string of the molecule is Cn1c(SCC[NH+]2CCCC2)nnc1[C@H]1CCCN1C(=O)NC1CCCCC1. The number of hydrogen-bond donors (Lipinski definition) is 2. The second-order valence-electron chi connectivity index (χ2n) is 8.59. The largest absolute Gasteiger partial charge is 0.335 e. The highest BCUT2D eigenvalue weighted by atomic mass is 32.2. The van der Waals surface area contributed by atoms with Gasteiger partial charge in [0.05, 0.1) is 31.4 Å². The van der Waals surface area contributed by atoms with Crippen molar-refractivity contribution in [3.63, 3.8) is 0 Å². The lowest BCUT2D eigenvalue weighted by atomic mass is 9.96. The van der Waals surface area contributed by atoms with Crippen molar-refractivity contribution in [3.05, 3.63) is 5.82 Å². The molecule has 3 aliphatic rings. The summed E-state index contributed by atoms with van der Waals surface area (Å²) in [5, 5.41) is 13.2. The maximum atomic E-state index is 12.9. The fourth-order valence-corrected chi connectivity index (χ4v) is 5.90. The van der Waals surface area contributed by atoms with Crippen LogP contribution in [0.15, 0.2) is 5.16 Å². The molecule has 4 rings (SSSR count). The molecular formula is C20H35N6OS+. The molecule has 8 heteroatoms. The Morgan fingerprint density at radius 1 is 1.11 bits per heavy atom. The predicted octanol–water partition coefficient (Wildman–Crippen LogP) is 1.77. The molecular weight excluding hydrogens is 372 g/mol. The molecule has 0 unspecified atom stereocenters. The molecule has 0 aromatic carbocycles. The number of amides is 2. The van der Waals surface area contributed by atoms with E-state index in [0.717, 1.165) is 49.0 Å². The fraction of sp³-hybridized carbons (Fsp3) is 0.850. The maximum Gasteiger partial charge on any atom is 0.318 e. The Morgan fingerprint density at radius 3 is 2.68 bits per heavy atom. The Labute approximate surface area is 172 Å². The number of nitrogens with zero attached hydrogens (tertiary/aromatic N) is 4. The van der Waals surface area contributed by atoms with Crippen molar-refractivity contribution in [1.82, 2.24) is 25.0 Å². The Bertz CT molecular complexity index is 653. The summed E-state index contributed by atoms with van der Waals surface area (Å²) in [4.78, 5) is 16.6. The fourth-order valence-electron chi connectivity index (χ4n) is 4.94. The minimum Gasteiger partial charge on any atom is -0.335 e. The average molecular weight is 408 g/mol. The summed E-state index contributed by atoms with van der Waals surface area (Å²) in [5.41, 5.74) is 0. The van der Waals surface area contributed by atoms with Gasteiger partial charge in [-0.15, -0.1) is 10.2 Å². The van der Waals surface area contributed by atoms with Crippen LogP contribution in [0.4, 0.5) is 4.79 Å². The van der Waals surface area contributed by atoms with E-state index in [1.807, 2.05) is 4.90 Å². The summed E-state index contributed by atoms with van der Waals surface area (Å²) in [6.07, 6.45) is 10.8. The first-order valence-corrected chi connectivity index (χ1v) is 12.1. The van der Waals surface area contributed by atoms with E-state index in [1.165, 1.54) is 51.7 Å². The first kappa shape index (κ1) is 20.0. The molecule has 1 aromatic heterocycles. The smallest absolute Gasteiger partial charge is 0.318 e. The van der Waals surface area contributed by atoms with Crippen molar-refractivity contribution in [3.8, 4) is 0 Å². The van der Waals surface area contributed by atoms with E-state index in [9.17, 15) is 4.79 Å². The van der Waals surface area contributed by atoms with Gasteiger partial charge in [0.1, 0.15) is 0 Å². The zero-order valence-electron chi connectivity index (χ0n) is 17.2. The van der Waals surface area contributed by atoms with E-state index >= 15 is 0 Å². The van der Waals surface area contributed by atoms with Gasteiger partial charge in [-0.25, -0.2) is 4.79 Å². The van der Waals surface area contributed by atoms with E-state index in [2.05, 4.69) is 27.1 Å². The second-order valence-corrected chi connectivity index (χ2v) is 9.65. The van der Waals surface area contributed by atoms with Crippen LogP contribution in [0, 0.1) is 0 Å². The van der Waals surface area contributed by atoms with Crippen molar-refractivity contribution >= 4 is 17.8 Å². The summed E-state index contributed by atoms with van der Waals surface area (Å²) in [5.74, 6) is 2.02. The van der Waals surface area contributed by atoms with Gasteiger partial charge in [0.2, 0.25) is 0 Å². The number of carbonyl (C=O) groups is 1. The van der Waals surface area contributed by atoms with Crippen molar-refractivity contribution in [1.29, 1.82) is 0 Å². The van der Waals surface area contributed by atoms with Gasteiger partial charge in [-0.05, 0) is 25.7 Å². The summed E-state index contributed by atoms with van der Waals surface area (Å²) in [6, 6.07) is 0.491. The molecule has 2 amide bonds. The van der Waals surface area contributed by atoms with Crippen LogP contribution in [-0.2, 0) is 7.05 Å². The molecule has 3 heterocycles. The third-order valence-corrected chi connectivity index (χ3v) is 7.63. The number of carbonyl (C=O) groups excluding carboxylic acids is 1. The molecule has 0 bridgehead atoms. The summed E-state index contributed by atoms with van der Waals surface area (Å²) >= 11 is 1.80. The summed E-state index contributed by atoms with van der Waals surface area (Å²) in [6.45, 7) is 4.65. The van der Waals surface area contributed by atoms with Crippen molar-refractivity contribution < 1.29 is 9.69 Å². The Morgan fingerprint density at radius 2 is 1.89 bits per heavy atom. The number of hydrogen-bond acceptors (Lipinski definition) is 4. The molecule has 2 N–H and O–H groups in total. The lowest BCUT2D eigenvalue weighted by molar-refractivity contribution is -0.884. The average Bonchev–Trinajstić information content (AvgIpc) is 3.45. The molecule has 2 aliphatic heterocycles. The van der Waals surface area contributed by atoms with Gasteiger partial charge >= 0.3 is 6.03 Å². The number of quaternary nitrogens is 1. The number of nitrogens with one attached hydrogen (secondary N) is 2. The van der Waals surface area contributed by atoms with Crippen molar-refractivity contribution in [2.24, 2.45) is 7.05 Å². The lowest BCUT2D eigenvalue weighted by Gasteiger charge is -2.29. The van der Waals surface area contributed by atoms with Gasteiger partial charge in [-0.2, -0.15) is 0 Å². The minimum atomic E-state index is 0.0552. The molecule has 28 heavy (non-hydrogen) atoms. The normalized spacial score (nSPS) is 24.2. The number of thioether (sulfide) groups is 1. The van der Waals surface area contributed by atoms with Gasteiger partial charge in [0, 0.05) is 32.5 Å². The zero-order chi connectivity index (χ0) is 19.3. The number of likely N-dealkylation sites (tertiary alicyclic amines) is 2. The molecule has 156 valence electrons. The van der Waals surface area contributed by atoms with E-state index in [-0.39, 0.29) is 12.1 Å². The number of rotatable bonds is 6. The molecule has 3 fully saturated rings. The first-order chi connectivity index (χ1) is 13.7. The van der Waals surface area contributed by atoms with E-state index in [4.69, 9.17) is 0 Å². The van der Waals surface area contributed by atoms with Crippen LogP contribution in [0.25, 0.3) is 0 Å². The second kappa shape index (κ2) is 9.48. The first-order valence-electron chi connectivity index (χ1n) is 11.1. The zero-order valence-corrected chi connectivity index (χ0v) is 18.0. The summed E-state index contributed by atoms with van der Waals surface area (Å²) in [7, 11) is 2.05. The van der Waals surface area contributed by atoms with Gasteiger partial charge in [-0.1, -0.05) is 31.0 Å². The Kier molecular flexibility index (Phi) is 6.77. The molecule has 1 aliphatic carbocycles. The predicted molar refractivity (Wildman–Crippen MR) is 111 cm³/mol. The van der Waals surface area contributed by atoms with Gasteiger partial charge in [-0.3, -0.25) is 0 Å². The van der Waals surface area contributed by atoms with Gasteiger partial charge in [0.15, 0.2) is 11.0 Å².